The summed E-state index contributed by atoms with van der Waals surface area (Å²) in [6.07, 6.45) is 0. The number of nitro benzene ring substituents is 1. The van der Waals surface area contributed by atoms with Crippen molar-refractivity contribution in [1.82, 2.24) is 0 Å². The number of non-ortho nitro benzene ring substituents is 1. The van der Waals surface area contributed by atoms with Crippen molar-refractivity contribution in [2.75, 3.05) is 6.61 Å². The highest BCUT2D eigenvalue weighted by Gasteiger charge is 2.06. The smallest absolute Gasteiger partial charge is 0.335 e. The van der Waals surface area contributed by atoms with E-state index in [1.54, 1.807) is 0 Å². The molecule has 9 heteroatoms. The second-order valence-electron chi connectivity index (χ2n) is 2.93. The van der Waals surface area contributed by atoms with E-state index in [1.807, 2.05) is 0 Å². The minimum Gasteiger partial charge on any atom is -0.478 e. The lowest BCUT2D eigenvalue weighted by Crippen LogP contribution is -1.96. The van der Waals surface area contributed by atoms with E-state index in [0.717, 1.165) is 12.1 Å². The molecule has 1 rings (SSSR count). The molecule has 0 saturated carbocycles. The second-order valence-corrected chi connectivity index (χ2v) is 4.34. The molecule has 104 valence electrons. The maximum absolute atomic E-state index is 10.3. The number of hydrogen-bond donors (Lipinski definition) is 2. The van der Waals surface area contributed by atoms with Crippen molar-refractivity contribution in [2.24, 2.45) is 0 Å². The van der Waals surface area contributed by atoms with Crippen molar-refractivity contribution in [3.05, 3.63) is 49.5 Å². The zero-order valence-corrected chi connectivity index (χ0v) is 11.5. The van der Waals surface area contributed by atoms with Gasteiger partial charge in [0.1, 0.15) is 4.49 Å². The summed E-state index contributed by atoms with van der Waals surface area (Å²) >= 11 is 15.3. The lowest BCUT2D eigenvalue weighted by Gasteiger charge is -1.92. The van der Waals surface area contributed by atoms with Crippen LogP contribution in [0.2, 0.25) is 0 Å². The number of aliphatic hydroxyl groups excluding tert-OH is 1. The van der Waals surface area contributed by atoms with Crippen LogP contribution in [-0.2, 0) is 0 Å². The highest BCUT2D eigenvalue weighted by Crippen LogP contribution is 2.16. The van der Waals surface area contributed by atoms with E-state index in [0.29, 0.717) is 0 Å². The fourth-order valence-corrected chi connectivity index (χ4v) is 0.905. The number of rotatable bonds is 3. The Kier molecular flexibility index (Phi) is 8.09. The normalized spacial score (nSPS) is 9.05. The highest BCUT2D eigenvalue weighted by atomic mass is 35.5. The van der Waals surface area contributed by atoms with Gasteiger partial charge in [0.2, 0.25) is 0 Å². The Morgan fingerprint density at radius 3 is 1.89 bits per heavy atom. The van der Waals surface area contributed by atoms with Crippen molar-refractivity contribution in [2.45, 2.75) is 0 Å². The summed E-state index contributed by atoms with van der Waals surface area (Å²) in [7, 11) is 0. The first kappa shape index (κ1) is 17.7. The van der Waals surface area contributed by atoms with Crippen LogP contribution >= 0.6 is 34.8 Å². The van der Waals surface area contributed by atoms with Gasteiger partial charge in [-0.05, 0) is 12.1 Å². The minimum atomic E-state index is -1.09. The van der Waals surface area contributed by atoms with Crippen LogP contribution in [0.15, 0.2) is 33.8 Å². The molecule has 0 bridgehead atoms. The maximum atomic E-state index is 10.3. The quantitative estimate of drug-likeness (QED) is 0.655. The van der Waals surface area contributed by atoms with E-state index in [-0.39, 0.29) is 27.4 Å². The number of halogens is 3. The van der Waals surface area contributed by atoms with Crippen molar-refractivity contribution in [3.63, 3.8) is 0 Å². The van der Waals surface area contributed by atoms with E-state index in [2.05, 4.69) is 0 Å². The Morgan fingerprint density at radius 2 is 1.68 bits per heavy atom. The molecule has 19 heavy (non-hydrogen) atoms. The lowest BCUT2D eigenvalue weighted by atomic mass is 10.2. The zero-order valence-electron chi connectivity index (χ0n) is 9.22. The topological polar surface area (TPSA) is 101 Å². The van der Waals surface area contributed by atoms with Gasteiger partial charge in [0.15, 0.2) is 0 Å². The Bertz CT molecular complexity index is 449. The molecule has 0 aliphatic heterocycles. The van der Waals surface area contributed by atoms with Gasteiger partial charge in [0.25, 0.3) is 5.69 Å². The van der Waals surface area contributed by atoms with Crippen LogP contribution in [0.25, 0.3) is 0 Å². The zero-order chi connectivity index (χ0) is 15.0. The maximum Gasteiger partial charge on any atom is 0.335 e. The minimum absolute atomic E-state index is 0.0422. The summed E-state index contributed by atoms with van der Waals surface area (Å²) in [5, 5.41) is 26.8. The average Bonchev–Trinajstić information content (AvgIpc) is 2.38. The van der Waals surface area contributed by atoms with Crippen molar-refractivity contribution < 1.29 is 19.9 Å². The van der Waals surface area contributed by atoms with Gasteiger partial charge in [-0.25, -0.2) is 4.79 Å². The SMILES string of the molecule is O=C(O)c1ccc([N+](=O)[O-])cc1.OCC(Cl)=C(Cl)Cl. The molecular formula is C10H8Cl3NO5. The predicted octanol–water partition coefficient (Wildman–Crippen LogP) is 3.16. The first-order chi connectivity index (χ1) is 8.79. The largest absolute Gasteiger partial charge is 0.478 e. The molecule has 2 N–H and O–H groups in total. The molecule has 0 heterocycles. The predicted molar refractivity (Wildman–Crippen MR) is 71.7 cm³/mol. The summed E-state index contributed by atoms with van der Waals surface area (Å²) in [4.78, 5) is 19.9. The van der Waals surface area contributed by atoms with Crippen LogP contribution in [0, 0.1) is 10.1 Å². The number of nitro groups is 1. The number of aliphatic hydroxyl groups is 1. The van der Waals surface area contributed by atoms with E-state index in [4.69, 9.17) is 45.0 Å². The van der Waals surface area contributed by atoms with Crippen LogP contribution in [0.3, 0.4) is 0 Å². The van der Waals surface area contributed by atoms with Crippen LogP contribution < -0.4 is 0 Å². The summed E-state index contributed by atoms with van der Waals surface area (Å²) in [5.74, 6) is -1.09. The van der Waals surface area contributed by atoms with Gasteiger partial charge in [-0.1, -0.05) is 34.8 Å². The molecule has 0 atom stereocenters. The van der Waals surface area contributed by atoms with Gasteiger partial charge in [0.05, 0.1) is 22.1 Å². The monoisotopic (exact) mass is 327 g/mol. The number of carbonyl (C=O) groups is 1. The van der Waals surface area contributed by atoms with Gasteiger partial charge >= 0.3 is 5.97 Å². The number of hydrogen-bond acceptors (Lipinski definition) is 4. The van der Waals surface area contributed by atoms with Gasteiger partial charge in [0, 0.05) is 12.1 Å². The van der Waals surface area contributed by atoms with Crippen molar-refractivity contribution in [3.8, 4) is 0 Å². The Morgan fingerprint density at radius 1 is 1.21 bits per heavy atom. The summed E-state index contributed by atoms with van der Waals surface area (Å²) in [6, 6.07) is 4.70. The Hall–Kier alpha value is -1.34. The molecule has 1 aromatic carbocycles. The van der Waals surface area contributed by atoms with Gasteiger partial charge in [-0.3, -0.25) is 10.1 Å². The standard InChI is InChI=1S/C7H5NO4.C3H3Cl3O/c9-7(10)5-1-3-6(4-2-5)8(11)12;4-2(1-7)3(5)6/h1-4H,(H,9,10);7H,1H2. The lowest BCUT2D eigenvalue weighted by molar-refractivity contribution is -0.384. The van der Waals surface area contributed by atoms with Gasteiger partial charge in [-0.15, -0.1) is 0 Å². The van der Waals surface area contributed by atoms with Crippen molar-refractivity contribution >= 4 is 46.5 Å². The Labute approximate surface area is 123 Å². The molecule has 0 aliphatic rings. The molecule has 6 nitrogen and oxygen atoms in total. The molecule has 0 aromatic heterocycles. The molecule has 0 fully saturated rings. The summed E-state index contributed by atoms with van der Waals surface area (Å²) in [6.45, 7) is -0.302. The first-order valence-electron chi connectivity index (χ1n) is 4.57. The fourth-order valence-electron chi connectivity index (χ4n) is 0.785. The van der Waals surface area contributed by atoms with E-state index < -0.39 is 10.9 Å². The number of benzene rings is 1. The van der Waals surface area contributed by atoms with E-state index in [1.165, 1.54) is 12.1 Å². The van der Waals surface area contributed by atoms with Crippen LogP contribution in [0.5, 0.6) is 0 Å². The number of nitrogens with zero attached hydrogens (tertiary/aromatic N) is 1. The molecule has 0 radical (unpaired) electrons. The highest BCUT2D eigenvalue weighted by molar-refractivity contribution is 6.59. The van der Waals surface area contributed by atoms with Crippen LogP contribution in [0.1, 0.15) is 10.4 Å². The van der Waals surface area contributed by atoms with E-state index >= 15 is 0 Å². The third-order valence-electron chi connectivity index (χ3n) is 1.67. The third kappa shape index (κ3) is 6.97. The summed E-state index contributed by atoms with van der Waals surface area (Å²) < 4.78 is -0.0795. The number of carboxylic acid groups (broad SMARTS) is 1. The number of aromatic carboxylic acids is 1. The second kappa shape index (κ2) is 8.71. The Balaban J connectivity index is 0.000000399. The average molecular weight is 329 g/mol. The molecule has 0 saturated heterocycles. The molecule has 0 amide bonds. The first-order valence-corrected chi connectivity index (χ1v) is 5.71. The molecule has 1 aromatic rings. The van der Waals surface area contributed by atoms with Crippen LogP contribution in [0.4, 0.5) is 5.69 Å². The third-order valence-corrected chi connectivity index (χ3v) is 2.63. The van der Waals surface area contributed by atoms with Gasteiger partial charge in [-0.2, -0.15) is 0 Å². The van der Waals surface area contributed by atoms with Crippen molar-refractivity contribution in [1.29, 1.82) is 0 Å². The van der Waals surface area contributed by atoms with Crippen LogP contribution in [-0.4, -0.2) is 27.7 Å². The molecular weight excluding hydrogens is 320 g/mol. The molecule has 0 unspecified atom stereocenters. The number of carboxylic acids is 1. The molecule has 0 spiro atoms. The van der Waals surface area contributed by atoms with Gasteiger partial charge < -0.3 is 10.2 Å². The molecule has 0 aliphatic carbocycles. The fraction of sp³-hybridized carbons (Fsp3) is 0.100. The summed E-state index contributed by atoms with van der Waals surface area (Å²) in [5.41, 5.74) is -0.0689. The van der Waals surface area contributed by atoms with E-state index in [9.17, 15) is 14.9 Å².